The standard InChI is InChI=1S/C24H30N4O3/c1-15-13-19(30-6)20(31-7)14-18(15)25-23(29)26-22-16(2)21(24(3,4)5)27-28(22)17-11-9-8-10-12-17/h8-14H,1-7H3,(H2,25,26,29). The van der Waals surface area contributed by atoms with Gasteiger partial charge >= 0.3 is 6.03 Å². The van der Waals surface area contributed by atoms with Crippen molar-refractivity contribution in [1.29, 1.82) is 0 Å². The number of methoxy groups -OCH3 is 2. The predicted molar refractivity (Wildman–Crippen MR) is 124 cm³/mol. The lowest BCUT2D eigenvalue weighted by Gasteiger charge is -2.16. The number of carbonyl (C=O) groups excluding carboxylic acids is 1. The van der Waals surface area contributed by atoms with E-state index in [1.54, 1.807) is 25.0 Å². The van der Waals surface area contributed by atoms with Gasteiger partial charge in [0.05, 0.1) is 25.6 Å². The highest BCUT2D eigenvalue weighted by Gasteiger charge is 2.26. The maximum atomic E-state index is 12.9. The van der Waals surface area contributed by atoms with Gasteiger partial charge in [-0.15, -0.1) is 0 Å². The number of benzene rings is 2. The molecule has 0 spiro atoms. The van der Waals surface area contributed by atoms with Crippen molar-refractivity contribution < 1.29 is 14.3 Å². The van der Waals surface area contributed by atoms with Crippen molar-refractivity contribution >= 4 is 17.5 Å². The number of aryl methyl sites for hydroxylation is 1. The Balaban J connectivity index is 1.95. The molecule has 164 valence electrons. The molecule has 0 fully saturated rings. The first-order chi connectivity index (χ1) is 14.7. The van der Waals surface area contributed by atoms with E-state index in [2.05, 4.69) is 31.4 Å². The maximum absolute atomic E-state index is 12.9. The fourth-order valence-electron chi connectivity index (χ4n) is 3.49. The molecule has 7 nitrogen and oxygen atoms in total. The summed E-state index contributed by atoms with van der Waals surface area (Å²) in [5.41, 5.74) is 4.05. The van der Waals surface area contributed by atoms with Crippen LogP contribution in [0, 0.1) is 13.8 Å². The fraction of sp³-hybridized carbons (Fsp3) is 0.333. The second kappa shape index (κ2) is 8.71. The quantitative estimate of drug-likeness (QED) is 0.573. The molecule has 0 bridgehead atoms. The van der Waals surface area contributed by atoms with Crippen molar-refractivity contribution in [2.24, 2.45) is 0 Å². The molecule has 3 rings (SSSR count). The molecule has 31 heavy (non-hydrogen) atoms. The van der Waals surface area contributed by atoms with Gasteiger partial charge in [-0.05, 0) is 37.6 Å². The van der Waals surface area contributed by atoms with Crippen molar-refractivity contribution in [3.8, 4) is 17.2 Å². The van der Waals surface area contributed by atoms with Crippen molar-refractivity contribution in [2.75, 3.05) is 24.9 Å². The van der Waals surface area contributed by atoms with E-state index >= 15 is 0 Å². The summed E-state index contributed by atoms with van der Waals surface area (Å²) in [5.74, 6) is 1.79. The summed E-state index contributed by atoms with van der Waals surface area (Å²) in [7, 11) is 3.14. The molecule has 2 N–H and O–H groups in total. The Morgan fingerprint density at radius 1 is 0.968 bits per heavy atom. The molecule has 3 aromatic rings. The molecule has 1 heterocycles. The van der Waals surface area contributed by atoms with Crippen LogP contribution in [0.1, 0.15) is 37.6 Å². The third kappa shape index (κ3) is 4.66. The minimum atomic E-state index is -0.365. The number of aromatic nitrogens is 2. The zero-order valence-corrected chi connectivity index (χ0v) is 19.2. The SMILES string of the molecule is COc1cc(C)c(NC(=O)Nc2c(C)c(C(C)(C)C)nn2-c2ccccc2)cc1OC. The lowest BCUT2D eigenvalue weighted by atomic mass is 9.90. The van der Waals surface area contributed by atoms with E-state index in [9.17, 15) is 4.79 Å². The smallest absolute Gasteiger partial charge is 0.324 e. The summed E-state index contributed by atoms with van der Waals surface area (Å²) in [6.07, 6.45) is 0. The molecule has 0 aliphatic heterocycles. The van der Waals surface area contributed by atoms with Gasteiger partial charge in [-0.3, -0.25) is 5.32 Å². The van der Waals surface area contributed by atoms with Gasteiger partial charge < -0.3 is 14.8 Å². The van der Waals surface area contributed by atoms with Crippen LogP contribution in [0.25, 0.3) is 5.69 Å². The van der Waals surface area contributed by atoms with Crippen LogP contribution in [0.15, 0.2) is 42.5 Å². The molecule has 0 saturated heterocycles. The Morgan fingerprint density at radius 3 is 2.16 bits per heavy atom. The van der Waals surface area contributed by atoms with Crippen molar-refractivity contribution in [2.45, 2.75) is 40.0 Å². The number of rotatable bonds is 5. The Morgan fingerprint density at radius 2 is 1.58 bits per heavy atom. The summed E-state index contributed by atoms with van der Waals surface area (Å²) in [6, 6.07) is 13.0. The minimum Gasteiger partial charge on any atom is -0.493 e. The van der Waals surface area contributed by atoms with Gasteiger partial charge in [0.15, 0.2) is 11.5 Å². The highest BCUT2D eigenvalue weighted by molar-refractivity contribution is 6.00. The monoisotopic (exact) mass is 422 g/mol. The largest absolute Gasteiger partial charge is 0.493 e. The molecular weight excluding hydrogens is 392 g/mol. The molecule has 0 saturated carbocycles. The zero-order chi connectivity index (χ0) is 22.8. The topological polar surface area (TPSA) is 77.4 Å². The normalized spacial score (nSPS) is 11.2. The number of anilines is 2. The van der Waals surface area contributed by atoms with E-state index in [-0.39, 0.29) is 11.4 Å². The molecule has 0 unspecified atom stereocenters. The van der Waals surface area contributed by atoms with Gasteiger partial charge in [-0.1, -0.05) is 39.0 Å². The third-order valence-corrected chi connectivity index (χ3v) is 5.04. The molecule has 2 amide bonds. The van der Waals surface area contributed by atoms with Crippen LogP contribution in [0.4, 0.5) is 16.3 Å². The molecule has 2 aromatic carbocycles. The zero-order valence-electron chi connectivity index (χ0n) is 19.2. The van der Waals surface area contributed by atoms with E-state index in [1.165, 1.54) is 0 Å². The van der Waals surface area contributed by atoms with Crippen molar-refractivity contribution in [3.05, 3.63) is 59.3 Å². The number of hydrogen-bond acceptors (Lipinski definition) is 4. The number of hydrogen-bond donors (Lipinski definition) is 2. The van der Waals surface area contributed by atoms with Gasteiger partial charge in [0.1, 0.15) is 5.82 Å². The molecule has 1 aromatic heterocycles. The van der Waals surface area contributed by atoms with Crippen LogP contribution in [0.2, 0.25) is 0 Å². The summed E-state index contributed by atoms with van der Waals surface area (Å²) < 4.78 is 12.5. The number of amides is 2. The van der Waals surface area contributed by atoms with Gasteiger partial charge in [0.25, 0.3) is 0 Å². The van der Waals surface area contributed by atoms with E-state index in [0.717, 1.165) is 22.5 Å². The van der Waals surface area contributed by atoms with Crippen LogP contribution in [-0.2, 0) is 5.41 Å². The van der Waals surface area contributed by atoms with Crippen LogP contribution >= 0.6 is 0 Å². The number of nitrogens with zero attached hydrogens (tertiary/aromatic N) is 2. The van der Waals surface area contributed by atoms with Crippen LogP contribution in [0.3, 0.4) is 0 Å². The maximum Gasteiger partial charge on any atom is 0.324 e. The molecule has 0 aliphatic rings. The lowest BCUT2D eigenvalue weighted by molar-refractivity contribution is 0.262. The van der Waals surface area contributed by atoms with E-state index < -0.39 is 0 Å². The second-order valence-corrected chi connectivity index (χ2v) is 8.42. The van der Waals surface area contributed by atoms with Gasteiger partial charge in [-0.25, -0.2) is 9.48 Å². The Bertz CT molecular complexity index is 1080. The molecular formula is C24H30N4O3. The number of urea groups is 1. The Kier molecular flexibility index (Phi) is 6.24. The third-order valence-electron chi connectivity index (χ3n) is 5.04. The number of ether oxygens (including phenoxy) is 2. The lowest BCUT2D eigenvalue weighted by Crippen LogP contribution is -2.22. The minimum absolute atomic E-state index is 0.170. The highest BCUT2D eigenvalue weighted by Crippen LogP contribution is 2.34. The fourth-order valence-corrected chi connectivity index (χ4v) is 3.49. The van der Waals surface area contributed by atoms with Crippen molar-refractivity contribution in [1.82, 2.24) is 9.78 Å². The van der Waals surface area contributed by atoms with Crippen LogP contribution in [-0.4, -0.2) is 30.0 Å². The number of para-hydroxylation sites is 1. The van der Waals surface area contributed by atoms with Gasteiger partial charge in [0, 0.05) is 22.7 Å². The molecule has 0 atom stereocenters. The molecule has 7 heteroatoms. The Hall–Kier alpha value is -3.48. The molecule has 0 radical (unpaired) electrons. The average molecular weight is 423 g/mol. The average Bonchev–Trinajstić information content (AvgIpc) is 3.06. The first-order valence-corrected chi connectivity index (χ1v) is 10.1. The number of carbonyl (C=O) groups is 1. The van der Waals surface area contributed by atoms with Gasteiger partial charge in [-0.2, -0.15) is 5.10 Å². The predicted octanol–water partition coefficient (Wildman–Crippen LogP) is 5.45. The highest BCUT2D eigenvalue weighted by atomic mass is 16.5. The second-order valence-electron chi connectivity index (χ2n) is 8.42. The van der Waals surface area contributed by atoms with E-state index in [4.69, 9.17) is 14.6 Å². The molecule has 0 aliphatic carbocycles. The Labute approximate surface area is 183 Å². The first-order valence-electron chi connectivity index (χ1n) is 10.1. The van der Waals surface area contributed by atoms with Gasteiger partial charge in [0.2, 0.25) is 0 Å². The summed E-state index contributed by atoms with van der Waals surface area (Å²) in [4.78, 5) is 12.9. The van der Waals surface area contributed by atoms with Crippen molar-refractivity contribution in [3.63, 3.8) is 0 Å². The summed E-state index contributed by atoms with van der Waals surface area (Å²) in [6.45, 7) is 10.2. The van der Waals surface area contributed by atoms with Crippen LogP contribution in [0.5, 0.6) is 11.5 Å². The first kappa shape index (κ1) is 22.2. The summed E-state index contributed by atoms with van der Waals surface area (Å²) in [5, 5.41) is 10.7. The van der Waals surface area contributed by atoms with Crippen LogP contribution < -0.4 is 20.1 Å². The van der Waals surface area contributed by atoms with E-state index in [0.29, 0.717) is 23.0 Å². The van der Waals surface area contributed by atoms with E-state index in [1.807, 2.05) is 50.2 Å². The number of nitrogens with one attached hydrogen (secondary N) is 2. The summed E-state index contributed by atoms with van der Waals surface area (Å²) >= 11 is 0.